The van der Waals surface area contributed by atoms with Crippen LogP contribution in [0.25, 0.3) is 16.9 Å². The molecule has 0 saturated heterocycles. The Morgan fingerprint density at radius 2 is 1.75 bits per heavy atom. The fourth-order valence-corrected chi connectivity index (χ4v) is 2.07. The molecule has 0 aliphatic carbocycles. The van der Waals surface area contributed by atoms with E-state index < -0.39 is 0 Å². The van der Waals surface area contributed by atoms with Gasteiger partial charge in [0.25, 0.3) is 0 Å². The smallest absolute Gasteiger partial charge is 0.178 e. The van der Waals surface area contributed by atoms with Crippen molar-refractivity contribution in [2.45, 2.75) is 19.9 Å². The van der Waals surface area contributed by atoms with Gasteiger partial charge in [-0.15, -0.1) is 10.2 Å². The van der Waals surface area contributed by atoms with E-state index in [1.807, 2.05) is 42.5 Å². The number of hydrogen-bond acceptors (Lipinski definition) is 4. The van der Waals surface area contributed by atoms with Crippen LogP contribution in [0.15, 0.2) is 42.5 Å². The molecule has 0 aliphatic rings. The van der Waals surface area contributed by atoms with E-state index in [1.165, 1.54) is 0 Å². The summed E-state index contributed by atoms with van der Waals surface area (Å²) in [6.07, 6.45) is 0. The lowest BCUT2D eigenvalue weighted by Gasteiger charge is -2.13. The van der Waals surface area contributed by atoms with Crippen molar-refractivity contribution in [3.63, 3.8) is 0 Å². The van der Waals surface area contributed by atoms with Crippen LogP contribution in [0.1, 0.15) is 25.7 Å². The molecule has 3 rings (SSSR count). The fraction of sp³-hybridized carbons (Fsp3) is 0.267. The van der Waals surface area contributed by atoms with Crippen LogP contribution >= 0.6 is 0 Å². The Hall–Kier alpha value is -2.27. The lowest BCUT2D eigenvalue weighted by Crippen LogP contribution is -2.20. The van der Waals surface area contributed by atoms with Crippen molar-refractivity contribution in [3.8, 4) is 11.3 Å². The van der Waals surface area contributed by atoms with E-state index >= 15 is 0 Å². The van der Waals surface area contributed by atoms with E-state index in [0.29, 0.717) is 5.82 Å². The highest BCUT2D eigenvalue weighted by molar-refractivity contribution is 5.59. The lowest BCUT2D eigenvalue weighted by atomic mass is 10.1. The lowest BCUT2D eigenvalue weighted by molar-refractivity contribution is 0.480. The monoisotopic (exact) mass is 267 g/mol. The van der Waals surface area contributed by atoms with Gasteiger partial charge in [-0.1, -0.05) is 44.2 Å². The van der Waals surface area contributed by atoms with Gasteiger partial charge in [0, 0.05) is 5.56 Å². The zero-order chi connectivity index (χ0) is 14.1. The summed E-state index contributed by atoms with van der Waals surface area (Å²) in [5, 5.41) is 12.9. The predicted octanol–water partition coefficient (Wildman–Crippen LogP) is 2.45. The first-order valence-electron chi connectivity index (χ1n) is 6.70. The van der Waals surface area contributed by atoms with Gasteiger partial charge in [-0.3, -0.25) is 0 Å². The first kappa shape index (κ1) is 12.7. The Bertz CT molecular complexity index is 717. The summed E-state index contributed by atoms with van der Waals surface area (Å²) in [5.41, 5.74) is 8.84. The summed E-state index contributed by atoms with van der Waals surface area (Å²) in [4.78, 5) is 0. The van der Waals surface area contributed by atoms with E-state index in [4.69, 9.17) is 5.73 Å². The molecule has 0 fully saturated rings. The van der Waals surface area contributed by atoms with Gasteiger partial charge in [-0.05, 0) is 18.1 Å². The Labute approximate surface area is 117 Å². The number of rotatable bonds is 3. The van der Waals surface area contributed by atoms with Gasteiger partial charge in [-0.25, -0.2) is 0 Å². The zero-order valence-corrected chi connectivity index (χ0v) is 11.6. The number of hydrogen-bond donors (Lipinski definition) is 1. The van der Waals surface area contributed by atoms with Crippen molar-refractivity contribution < 1.29 is 0 Å². The Balaban J connectivity index is 2.12. The summed E-state index contributed by atoms with van der Waals surface area (Å²) >= 11 is 0. The number of aromatic nitrogens is 4. The van der Waals surface area contributed by atoms with Crippen LogP contribution in [-0.4, -0.2) is 19.8 Å². The minimum absolute atomic E-state index is 0.177. The van der Waals surface area contributed by atoms with Crippen LogP contribution < -0.4 is 5.73 Å². The summed E-state index contributed by atoms with van der Waals surface area (Å²) in [6.45, 7) is 4.12. The number of nitrogens with zero attached hydrogens (tertiary/aromatic N) is 4. The number of nitrogens with two attached hydrogens (primary N) is 1. The Morgan fingerprint density at radius 1 is 1.00 bits per heavy atom. The Morgan fingerprint density at radius 3 is 2.45 bits per heavy atom. The third-order valence-electron chi connectivity index (χ3n) is 3.37. The average Bonchev–Trinajstić information content (AvgIpc) is 2.90. The summed E-state index contributed by atoms with van der Waals surface area (Å²) in [5.74, 6) is 0.984. The molecule has 0 saturated carbocycles. The molecule has 0 spiro atoms. The highest BCUT2D eigenvalue weighted by Crippen LogP contribution is 2.20. The topological polar surface area (TPSA) is 69.1 Å². The van der Waals surface area contributed by atoms with Crippen LogP contribution in [0, 0.1) is 5.92 Å². The number of fused-ring (bicyclic) bond motifs is 1. The first-order valence-corrected chi connectivity index (χ1v) is 6.70. The third kappa shape index (κ3) is 2.16. The average molecular weight is 267 g/mol. The second-order valence-corrected chi connectivity index (χ2v) is 5.18. The highest BCUT2D eigenvalue weighted by atomic mass is 15.4. The summed E-state index contributed by atoms with van der Waals surface area (Å²) in [6, 6.07) is 13.7. The van der Waals surface area contributed by atoms with Gasteiger partial charge < -0.3 is 5.73 Å². The maximum Gasteiger partial charge on any atom is 0.178 e. The molecule has 102 valence electrons. The van der Waals surface area contributed by atoms with Crippen molar-refractivity contribution in [1.29, 1.82) is 0 Å². The molecular formula is C15H17N5. The SMILES string of the molecule is CC(C)C(N)c1nnc2ccc(-c3ccccc3)nn12. The van der Waals surface area contributed by atoms with Crippen molar-refractivity contribution in [2.24, 2.45) is 11.7 Å². The number of benzene rings is 1. The molecule has 2 aromatic heterocycles. The van der Waals surface area contributed by atoms with E-state index in [9.17, 15) is 0 Å². The largest absolute Gasteiger partial charge is 0.321 e. The van der Waals surface area contributed by atoms with Crippen LogP contribution in [0.4, 0.5) is 0 Å². The maximum absolute atomic E-state index is 6.17. The molecule has 1 aromatic carbocycles. The van der Waals surface area contributed by atoms with E-state index in [1.54, 1.807) is 4.52 Å². The molecule has 1 unspecified atom stereocenters. The molecule has 5 nitrogen and oxygen atoms in total. The minimum atomic E-state index is -0.177. The van der Waals surface area contributed by atoms with E-state index in [-0.39, 0.29) is 12.0 Å². The predicted molar refractivity (Wildman–Crippen MR) is 78.0 cm³/mol. The van der Waals surface area contributed by atoms with Crippen molar-refractivity contribution >= 4 is 5.65 Å². The summed E-state index contributed by atoms with van der Waals surface area (Å²) < 4.78 is 1.74. The van der Waals surface area contributed by atoms with Gasteiger partial charge in [-0.2, -0.15) is 9.61 Å². The minimum Gasteiger partial charge on any atom is -0.321 e. The van der Waals surface area contributed by atoms with Crippen LogP contribution in [0.5, 0.6) is 0 Å². The standard InChI is InChI=1S/C15H17N5/c1-10(2)14(16)15-18-17-13-9-8-12(19-20(13)15)11-6-4-3-5-7-11/h3-10,14H,16H2,1-2H3. The van der Waals surface area contributed by atoms with Crippen LogP contribution in [-0.2, 0) is 0 Å². The third-order valence-corrected chi connectivity index (χ3v) is 3.37. The molecule has 5 heteroatoms. The van der Waals surface area contributed by atoms with E-state index in [0.717, 1.165) is 16.9 Å². The zero-order valence-electron chi connectivity index (χ0n) is 11.6. The molecule has 1 atom stereocenters. The molecule has 0 amide bonds. The summed E-state index contributed by atoms with van der Waals surface area (Å²) in [7, 11) is 0. The van der Waals surface area contributed by atoms with Crippen molar-refractivity contribution in [1.82, 2.24) is 19.8 Å². The molecule has 2 heterocycles. The Kier molecular flexibility index (Phi) is 3.20. The second-order valence-electron chi connectivity index (χ2n) is 5.18. The molecule has 20 heavy (non-hydrogen) atoms. The first-order chi connectivity index (χ1) is 9.66. The normalized spacial score (nSPS) is 13.0. The maximum atomic E-state index is 6.17. The quantitative estimate of drug-likeness (QED) is 0.791. The van der Waals surface area contributed by atoms with Gasteiger partial charge in [0.1, 0.15) is 0 Å². The van der Waals surface area contributed by atoms with E-state index in [2.05, 4.69) is 29.1 Å². The molecular weight excluding hydrogens is 250 g/mol. The highest BCUT2D eigenvalue weighted by Gasteiger charge is 2.18. The van der Waals surface area contributed by atoms with Gasteiger partial charge in [0.05, 0.1) is 11.7 Å². The molecule has 0 bridgehead atoms. The van der Waals surface area contributed by atoms with Crippen LogP contribution in [0.3, 0.4) is 0 Å². The molecule has 3 aromatic rings. The molecule has 0 aliphatic heterocycles. The molecule has 2 N–H and O–H groups in total. The van der Waals surface area contributed by atoms with Gasteiger partial charge in [0.2, 0.25) is 0 Å². The molecule has 0 radical (unpaired) electrons. The second kappa shape index (κ2) is 5.02. The van der Waals surface area contributed by atoms with Gasteiger partial charge in [0.15, 0.2) is 11.5 Å². The van der Waals surface area contributed by atoms with Crippen LogP contribution in [0.2, 0.25) is 0 Å². The van der Waals surface area contributed by atoms with Crippen molar-refractivity contribution in [3.05, 3.63) is 48.3 Å². The fourth-order valence-electron chi connectivity index (χ4n) is 2.07. The van der Waals surface area contributed by atoms with Gasteiger partial charge >= 0.3 is 0 Å². The van der Waals surface area contributed by atoms with Crippen molar-refractivity contribution in [2.75, 3.05) is 0 Å².